The van der Waals surface area contributed by atoms with E-state index >= 15 is 0 Å². The number of carbonyl (C=O) groups excluding carboxylic acids is 1. The molecule has 32 heavy (non-hydrogen) atoms. The SMILES string of the molecule is COCC(=O)NC1CC2(CCN(CC3CC3)CC2)Oc2ccccc21.O=C(O)C(F)(F)F. The lowest BCUT2D eigenvalue weighted by molar-refractivity contribution is -0.192. The maximum Gasteiger partial charge on any atom is 0.490 e. The van der Waals surface area contributed by atoms with E-state index in [1.807, 2.05) is 18.2 Å². The zero-order chi connectivity index (χ0) is 23.4. The minimum absolute atomic E-state index is 0.00239. The van der Waals surface area contributed by atoms with Crippen molar-refractivity contribution in [2.45, 2.75) is 49.9 Å². The van der Waals surface area contributed by atoms with E-state index in [2.05, 4.69) is 16.3 Å². The highest BCUT2D eigenvalue weighted by Crippen LogP contribution is 2.44. The van der Waals surface area contributed by atoms with E-state index in [0.717, 1.165) is 49.6 Å². The van der Waals surface area contributed by atoms with Gasteiger partial charge in [-0.3, -0.25) is 4.79 Å². The summed E-state index contributed by atoms with van der Waals surface area (Å²) < 4.78 is 43.2. The number of ether oxygens (including phenoxy) is 2. The van der Waals surface area contributed by atoms with E-state index in [0.29, 0.717) is 0 Å². The molecule has 2 N–H and O–H groups in total. The number of aliphatic carboxylic acids is 1. The van der Waals surface area contributed by atoms with E-state index in [1.165, 1.54) is 19.4 Å². The lowest BCUT2D eigenvalue weighted by Gasteiger charge is -2.47. The van der Waals surface area contributed by atoms with Gasteiger partial charge in [-0.1, -0.05) is 18.2 Å². The number of nitrogens with zero attached hydrogens (tertiary/aromatic N) is 1. The third-order valence-corrected chi connectivity index (χ3v) is 6.03. The Morgan fingerprint density at radius 3 is 2.44 bits per heavy atom. The fraction of sp³-hybridized carbons (Fsp3) is 0.636. The molecule has 3 aliphatic rings. The molecule has 1 unspecified atom stereocenters. The summed E-state index contributed by atoms with van der Waals surface area (Å²) in [5.41, 5.74) is 0.928. The molecule has 1 spiro atoms. The van der Waals surface area contributed by atoms with E-state index in [9.17, 15) is 18.0 Å². The predicted octanol–water partition coefficient (Wildman–Crippen LogP) is 3.15. The second-order valence-corrected chi connectivity index (χ2v) is 8.63. The molecule has 0 aromatic heterocycles. The van der Waals surface area contributed by atoms with Crippen LogP contribution in [0.4, 0.5) is 13.2 Å². The number of para-hydroxylation sites is 1. The summed E-state index contributed by atoms with van der Waals surface area (Å²) >= 11 is 0. The summed E-state index contributed by atoms with van der Waals surface area (Å²) in [6.45, 7) is 3.54. The number of carboxylic acid groups (broad SMARTS) is 1. The van der Waals surface area contributed by atoms with Crippen LogP contribution in [0.5, 0.6) is 5.75 Å². The number of halogens is 3. The molecule has 1 aliphatic carbocycles. The molecule has 1 amide bonds. The molecule has 1 saturated carbocycles. The third-order valence-electron chi connectivity index (χ3n) is 6.03. The predicted molar refractivity (Wildman–Crippen MR) is 109 cm³/mol. The van der Waals surface area contributed by atoms with Crippen LogP contribution in [-0.4, -0.2) is 67.0 Å². The fourth-order valence-electron chi connectivity index (χ4n) is 4.23. The van der Waals surface area contributed by atoms with Crippen LogP contribution in [0.2, 0.25) is 0 Å². The summed E-state index contributed by atoms with van der Waals surface area (Å²) in [7, 11) is 1.55. The van der Waals surface area contributed by atoms with Crippen molar-refractivity contribution < 1.29 is 37.3 Å². The van der Waals surface area contributed by atoms with Crippen molar-refractivity contribution in [2.75, 3.05) is 33.4 Å². The molecule has 2 heterocycles. The first-order valence-corrected chi connectivity index (χ1v) is 10.7. The minimum Gasteiger partial charge on any atom is -0.487 e. The van der Waals surface area contributed by atoms with Gasteiger partial charge in [0.1, 0.15) is 18.0 Å². The zero-order valence-corrected chi connectivity index (χ0v) is 18.0. The Balaban J connectivity index is 0.000000360. The molecule has 1 saturated heterocycles. The number of rotatable bonds is 5. The first-order valence-electron chi connectivity index (χ1n) is 10.7. The molecule has 7 nitrogen and oxygen atoms in total. The van der Waals surface area contributed by atoms with Crippen LogP contribution in [0, 0.1) is 5.92 Å². The van der Waals surface area contributed by atoms with Crippen LogP contribution in [0.25, 0.3) is 0 Å². The molecular formula is C22H29F3N2O5. The van der Waals surface area contributed by atoms with Crippen LogP contribution in [0.1, 0.15) is 43.7 Å². The number of piperidine rings is 1. The molecule has 178 valence electrons. The molecule has 1 aromatic rings. The maximum absolute atomic E-state index is 12.1. The van der Waals surface area contributed by atoms with Crippen molar-refractivity contribution in [1.82, 2.24) is 10.2 Å². The van der Waals surface area contributed by atoms with Gasteiger partial charge in [0.15, 0.2) is 0 Å². The van der Waals surface area contributed by atoms with Gasteiger partial charge in [-0.15, -0.1) is 0 Å². The summed E-state index contributed by atoms with van der Waals surface area (Å²) in [5.74, 6) is -0.965. The largest absolute Gasteiger partial charge is 0.490 e. The third kappa shape index (κ3) is 6.59. The van der Waals surface area contributed by atoms with E-state index in [1.54, 1.807) is 7.11 Å². The van der Waals surface area contributed by atoms with Gasteiger partial charge in [-0.05, 0) is 37.7 Å². The Bertz CT molecular complexity index is 805. The Kier molecular flexibility index (Phi) is 7.66. The van der Waals surface area contributed by atoms with Crippen LogP contribution >= 0.6 is 0 Å². The summed E-state index contributed by atoms with van der Waals surface area (Å²) in [6.07, 6.45) is 0.629. The highest BCUT2D eigenvalue weighted by atomic mass is 19.4. The van der Waals surface area contributed by atoms with Gasteiger partial charge in [0.05, 0.1) is 6.04 Å². The Morgan fingerprint density at radius 2 is 1.88 bits per heavy atom. The summed E-state index contributed by atoms with van der Waals surface area (Å²) in [4.78, 5) is 23.6. The smallest absolute Gasteiger partial charge is 0.487 e. The molecule has 0 bridgehead atoms. The first-order chi connectivity index (χ1) is 15.1. The topological polar surface area (TPSA) is 88.1 Å². The molecule has 1 atom stereocenters. The average molecular weight is 458 g/mol. The highest BCUT2D eigenvalue weighted by molar-refractivity contribution is 5.78. The molecule has 2 aliphatic heterocycles. The molecule has 0 radical (unpaired) electrons. The number of hydrogen-bond donors (Lipinski definition) is 2. The zero-order valence-electron chi connectivity index (χ0n) is 18.0. The number of nitrogens with one attached hydrogen (secondary N) is 1. The monoisotopic (exact) mass is 458 g/mol. The first kappa shape index (κ1) is 24.3. The van der Waals surface area contributed by atoms with Gasteiger partial charge in [-0.25, -0.2) is 4.79 Å². The van der Waals surface area contributed by atoms with Crippen LogP contribution in [0.15, 0.2) is 24.3 Å². The maximum atomic E-state index is 12.1. The number of hydrogen-bond acceptors (Lipinski definition) is 5. The molecule has 10 heteroatoms. The number of carbonyl (C=O) groups is 2. The van der Waals surface area contributed by atoms with Crippen molar-refractivity contribution in [3.8, 4) is 5.75 Å². The number of methoxy groups -OCH3 is 1. The highest BCUT2D eigenvalue weighted by Gasteiger charge is 2.44. The van der Waals surface area contributed by atoms with Gasteiger partial charge in [0.2, 0.25) is 5.91 Å². The Hall–Kier alpha value is -2.33. The molecule has 2 fully saturated rings. The second-order valence-electron chi connectivity index (χ2n) is 8.63. The number of benzene rings is 1. The van der Waals surface area contributed by atoms with Gasteiger partial charge in [-0.2, -0.15) is 13.2 Å². The molecular weight excluding hydrogens is 429 g/mol. The van der Waals surface area contributed by atoms with Crippen LogP contribution < -0.4 is 10.1 Å². The average Bonchev–Trinajstić information content (AvgIpc) is 3.54. The number of fused-ring (bicyclic) bond motifs is 1. The van der Waals surface area contributed by atoms with Crippen molar-refractivity contribution >= 4 is 11.9 Å². The quantitative estimate of drug-likeness (QED) is 0.705. The van der Waals surface area contributed by atoms with Crippen LogP contribution in [-0.2, 0) is 14.3 Å². The Labute approximate surface area is 184 Å². The standard InChI is InChI=1S/C20H28N2O3.C2HF3O2/c1-24-14-19(23)21-17-12-20(25-18-5-3-2-4-16(17)18)8-10-22(11-9-20)13-15-6-7-15;3-2(4,5)1(6)7/h2-5,15,17H,6-14H2,1H3,(H,21,23);(H,6,7). The van der Waals surface area contributed by atoms with Crippen LogP contribution in [0.3, 0.4) is 0 Å². The molecule has 1 aromatic carbocycles. The summed E-state index contributed by atoms with van der Waals surface area (Å²) in [6, 6.07) is 8.11. The fourth-order valence-corrected chi connectivity index (χ4v) is 4.23. The lowest BCUT2D eigenvalue weighted by Crippen LogP contribution is -2.52. The number of likely N-dealkylation sites (tertiary alicyclic amines) is 1. The number of alkyl halides is 3. The van der Waals surface area contributed by atoms with Crippen molar-refractivity contribution in [1.29, 1.82) is 0 Å². The van der Waals surface area contributed by atoms with Gasteiger partial charge >= 0.3 is 12.1 Å². The number of carboxylic acids is 1. The van der Waals surface area contributed by atoms with Crippen molar-refractivity contribution in [3.63, 3.8) is 0 Å². The number of amides is 1. The minimum atomic E-state index is -5.08. The van der Waals surface area contributed by atoms with Crippen molar-refractivity contribution in [3.05, 3.63) is 29.8 Å². The summed E-state index contributed by atoms with van der Waals surface area (Å²) in [5, 5.41) is 10.3. The van der Waals surface area contributed by atoms with E-state index in [-0.39, 0.29) is 24.2 Å². The van der Waals surface area contributed by atoms with Gasteiger partial charge in [0.25, 0.3) is 0 Å². The van der Waals surface area contributed by atoms with Gasteiger partial charge in [0, 0.05) is 38.7 Å². The van der Waals surface area contributed by atoms with E-state index < -0.39 is 12.1 Å². The molecule has 4 rings (SSSR count). The second kappa shape index (κ2) is 10.1. The van der Waals surface area contributed by atoms with Gasteiger partial charge < -0.3 is 24.8 Å². The van der Waals surface area contributed by atoms with Crippen molar-refractivity contribution in [2.24, 2.45) is 5.92 Å². The lowest BCUT2D eigenvalue weighted by atomic mass is 9.80. The normalized spacial score (nSPS) is 22.2. The van der Waals surface area contributed by atoms with E-state index in [4.69, 9.17) is 19.4 Å². The Morgan fingerprint density at radius 1 is 1.25 bits per heavy atom.